The molecule has 1 unspecified atom stereocenters. The van der Waals surface area contributed by atoms with Crippen molar-refractivity contribution in [1.82, 2.24) is 4.90 Å². The zero-order valence-electron chi connectivity index (χ0n) is 9.03. The Morgan fingerprint density at radius 3 is 3.06 bits per heavy atom. The van der Waals surface area contributed by atoms with Crippen LogP contribution in [0.1, 0.15) is 5.56 Å². The van der Waals surface area contributed by atoms with Crippen LogP contribution < -0.4 is 0 Å². The lowest BCUT2D eigenvalue weighted by Crippen LogP contribution is -2.42. The maximum absolute atomic E-state index is 5.62. The molecule has 4 heteroatoms. The highest BCUT2D eigenvalue weighted by Gasteiger charge is 2.19. The van der Waals surface area contributed by atoms with Crippen LogP contribution in [0.4, 0.5) is 0 Å². The summed E-state index contributed by atoms with van der Waals surface area (Å²) >= 11 is 6.98. The lowest BCUT2D eigenvalue weighted by Gasteiger charge is -2.32. The van der Waals surface area contributed by atoms with Crippen molar-refractivity contribution in [3.63, 3.8) is 0 Å². The Labute approximate surface area is 113 Å². The van der Waals surface area contributed by atoms with Gasteiger partial charge < -0.3 is 4.74 Å². The number of alkyl halides is 1. The van der Waals surface area contributed by atoms with Gasteiger partial charge in [0.05, 0.1) is 12.7 Å². The lowest BCUT2D eigenvalue weighted by atomic mass is 10.2. The molecule has 1 atom stereocenters. The zero-order chi connectivity index (χ0) is 11.4. The minimum Gasteiger partial charge on any atom is -0.375 e. The number of halogens is 2. The van der Waals surface area contributed by atoms with Crippen LogP contribution in [0.2, 0.25) is 0 Å². The van der Waals surface area contributed by atoms with Gasteiger partial charge in [-0.05, 0) is 17.7 Å². The van der Waals surface area contributed by atoms with Crippen LogP contribution in [0, 0.1) is 0 Å². The molecule has 1 aliphatic heterocycles. The van der Waals surface area contributed by atoms with E-state index in [4.69, 9.17) is 4.74 Å². The van der Waals surface area contributed by atoms with Gasteiger partial charge in [0.2, 0.25) is 0 Å². The molecule has 16 heavy (non-hydrogen) atoms. The van der Waals surface area contributed by atoms with Gasteiger partial charge in [0.25, 0.3) is 0 Å². The van der Waals surface area contributed by atoms with Crippen molar-refractivity contribution in [1.29, 1.82) is 0 Å². The van der Waals surface area contributed by atoms with Crippen molar-refractivity contribution < 1.29 is 4.74 Å². The summed E-state index contributed by atoms with van der Waals surface area (Å²) in [7, 11) is 0. The van der Waals surface area contributed by atoms with E-state index in [9.17, 15) is 0 Å². The molecule has 0 aromatic heterocycles. The average molecular weight is 349 g/mol. The molecular formula is C12H15Br2NO. The van der Waals surface area contributed by atoms with Crippen LogP contribution in [0.25, 0.3) is 0 Å². The molecule has 0 saturated carbocycles. The summed E-state index contributed by atoms with van der Waals surface area (Å²) in [6, 6.07) is 8.49. The first-order chi connectivity index (χ1) is 7.78. The molecule has 1 aromatic rings. The maximum Gasteiger partial charge on any atom is 0.0799 e. The molecule has 1 saturated heterocycles. The number of nitrogens with zero attached hydrogens (tertiary/aromatic N) is 1. The third kappa shape index (κ3) is 3.55. The number of morpholine rings is 1. The fraction of sp³-hybridized carbons (Fsp3) is 0.500. The van der Waals surface area contributed by atoms with Gasteiger partial charge in [-0.3, -0.25) is 4.90 Å². The first kappa shape index (κ1) is 12.6. The summed E-state index contributed by atoms with van der Waals surface area (Å²) < 4.78 is 6.77. The molecule has 88 valence electrons. The Bertz CT molecular complexity index is 346. The third-order valence-electron chi connectivity index (χ3n) is 2.69. The second-order valence-electron chi connectivity index (χ2n) is 4.01. The first-order valence-electron chi connectivity index (χ1n) is 5.42. The van der Waals surface area contributed by atoms with Crippen molar-refractivity contribution in [2.24, 2.45) is 0 Å². The Morgan fingerprint density at radius 1 is 1.44 bits per heavy atom. The van der Waals surface area contributed by atoms with Gasteiger partial charge in [-0.15, -0.1) is 0 Å². The van der Waals surface area contributed by atoms with Crippen LogP contribution in [0.15, 0.2) is 28.7 Å². The molecular weight excluding hydrogens is 334 g/mol. The molecule has 1 fully saturated rings. The monoisotopic (exact) mass is 347 g/mol. The number of rotatable bonds is 3. The van der Waals surface area contributed by atoms with E-state index in [0.717, 1.165) is 36.0 Å². The summed E-state index contributed by atoms with van der Waals surface area (Å²) in [5, 5.41) is 0.919. The summed E-state index contributed by atoms with van der Waals surface area (Å²) in [4.78, 5) is 2.44. The number of hydrogen-bond acceptors (Lipinski definition) is 2. The standard InChI is InChI=1S/C12H15Br2NO/c13-7-12-9-15(4-5-16-12)8-10-2-1-3-11(14)6-10/h1-3,6,12H,4-5,7-9H2. The molecule has 2 rings (SSSR count). The van der Waals surface area contributed by atoms with Crippen LogP contribution in [-0.2, 0) is 11.3 Å². The molecule has 0 amide bonds. The molecule has 1 aromatic carbocycles. The summed E-state index contributed by atoms with van der Waals surface area (Å²) in [5.41, 5.74) is 1.35. The van der Waals surface area contributed by atoms with E-state index in [2.05, 4.69) is 61.0 Å². The second kappa shape index (κ2) is 6.15. The lowest BCUT2D eigenvalue weighted by molar-refractivity contribution is -0.0181. The van der Waals surface area contributed by atoms with Crippen LogP contribution in [0.5, 0.6) is 0 Å². The molecule has 0 aliphatic carbocycles. The molecule has 0 N–H and O–H groups in total. The Morgan fingerprint density at radius 2 is 2.31 bits per heavy atom. The van der Waals surface area contributed by atoms with Gasteiger partial charge in [0.1, 0.15) is 0 Å². The van der Waals surface area contributed by atoms with E-state index in [1.54, 1.807) is 0 Å². The Hall–Kier alpha value is 0.1000. The summed E-state index contributed by atoms with van der Waals surface area (Å²) in [5.74, 6) is 0. The minimum atomic E-state index is 0.334. The fourth-order valence-electron chi connectivity index (χ4n) is 1.91. The molecule has 0 radical (unpaired) electrons. The van der Waals surface area contributed by atoms with E-state index in [1.807, 2.05) is 0 Å². The first-order valence-corrected chi connectivity index (χ1v) is 7.34. The molecule has 0 spiro atoms. The average Bonchev–Trinajstić information content (AvgIpc) is 2.29. The molecule has 1 aliphatic rings. The van der Waals surface area contributed by atoms with Gasteiger partial charge in [-0.2, -0.15) is 0 Å². The van der Waals surface area contributed by atoms with Crippen molar-refractivity contribution in [2.75, 3.05) is 25.0 Å². The molecule has 2 nitrogen and oxygen atoms in total. The normalized spacial score (nSPS) is 22.2. The van der Waals surface area contributed by atoms with E-state index in [0.29, 0.717) is 6.10 Å². The highest BCUT2D eigenvalue weighted by atomic mass is 79.9. The van der Waals surface area contributed by atoms with Crippen LogP contribution in [0.3, 0.4) is 0 Å². The van der Waals surface area contributed by atoms with Gasteiger partial charge in [-0.1, -0.05) is 44.0 Å². The van der Waals surface area contributed by atoms with Gasteiger partial charge >= 0.3 is 0 Å². The number of benzene rings is 1. The van der Waals surface area contributed by atoms with E-state index in [1.165, 1.54) is 5.56 Å². The van der Waals surface area contributed by atoms with Crippen molar-refractivity contribution >= 4 is 31.9 Å². The Kier molecular flexibility index (Phi) is 4.82. The summed E-state index contributed by atoms with van der Waals surface area (Å²) in [6.07, 6.45) is 0.334. The SMILES string of the molecule is BrCC1CN(Cc2cccc(Br)c2)CCO1. The predicted octanol–water partition coefficient (Wildman–Crippen LogP) is 3.04. The molecule has 0 bridgehead atoms. The van der Waals surface area contributed by atoms with Crippen LogP contribution >= 0.6 is 31.9 Å². The number of hydrogen-bond donors (Lipinski definition) is 0. The van der Waals surface area contributed by atoms with E-state index in [-0.39, 0.29) is 0 Å². The highest BCUT2D eigenvalue weighted by Crippen LogP contribution is 2.15. The Balaban J connectivity index is 1.94. The fourth-order valence-corrected chi connectivity index (χ4v) is 2.75. The molecule has 1 heterocycles. The van der Waals surface area contributed by atoms with Gasteiger partial charge in [0.15, 0.2) is 0 Å². The highest BCUT2D eigenvalue weighted by molar-refractivity contribution is 9.10. The van der Waals surface area contributed by atoms with Crippen LogP contribution in [-0.4, -0.2) is 36.0 Å². The maximum atomic E-state index is 5.62. The minimum absolute atomic E-state index is 0.334. The topological polar surface area (TPSA) is 12.5 Å². The quantitative estimate of drug-likeness (QED) is 0.778. The van der Waals surface area contributed by atoms with Gasteiger partial charge in [0, 0.05) is 29.4 Å². The smallest absolute Gasteiger partial charge is 0.0799 e. The predicted molar refractivity (Wildman–Crippen MR) is 73.0 cm³/mol. The second-order valence-corrected chi connectivity index (χ2v) is 5.58. The zero-order valence-corrected chi connectivity index (χ0v) is 12.2. The van der Waals surface area contributed by atoms with Crippen molar-refractivity contribution in [3.8, 4) is 0 Å². The summed E-state index contributed by atoms with van der Waals surface area (Å²) in [6.45, 7) is 3.88. The van der Waals surface area contributed by atoms with Crippen molar-refractivity contribution in [3.05, 3.63) is 34.3 Å². The number of ether oxygens (including phenoxy) is 1. The van der Waals surface area contributed by atoms with E-state index >= 15 is 0 Å². The van der Waals surface area contributed by atoms with Gasteiger partial charge in [-0.25, -0.2) is 0 Å². The third-order valence-corrected chi connectivity index (χ3v) is 3.91. The van der Waals surface area contributed by atoms with Crippen molar-refractivity contribution in [2.45, 2.75) is 12.6 Å². The van der Waals surface area contributed by atoms with E-state index < -0.39 is 0 Å². The largest absolute Gasteiger partial charge is 0.375 e.